The second-order valence-electron chi connectivity index (χ2n) is 5.58. The summed E-state index contributed by atoms with van der Waals surface area (Å²) in [7, 11) is 2.02. The summed E-state index contributed by atoms with van der Waals surface area (Å²) in [5, 5.41) is 6.85. The minimum absolute atomic E-state index is 0.154. The third kappa shape index (κ3) is 4.75. The van der Waals surface area contributed by atoms with Crippen LogP contribution in [0.15, 0.2) is 24.5 Å². The molecule has 0 bridgehead atoms. The lowest BCUT2D eigenvalue weighted by Crippen LogP contribution is -2.37. The van der Waals surface area contributed by atoms with Gasteiger partial charge in [-0.15, -0.1) is 0 Å². The van der Waals surface area contributed by atoms with Crippen molar-refractivity contribution >= 4 is 0 Å². The Morgan fingerprint density at radius 3 is 2.44 bits per heavy atom. The number of nitrogens with one attached hydrogen (secondary N) is 2. The van der Waals surface area contributed by atoms with E-state index in [-0.39, 0.29) is 5.41 Å². The van der Waals surface area contributed by atoms with Crippen molar-refractivity contribution in [1.29, 1.82) is 0 Å². The molecular formula is C15H27N3. The van der Waals surface area contributed by atoms with E-state index in [1.165, 1.54) is 12.0 Å². The Morgan fingerprint density at radius 1 is 1.22 bits per heavy atom. The molecule has 1 heterocycles. The Bertz CT molecular complexity index is 322. The molecule has 0 aliphatic carbocycles. The van der Waals surface area contributed by atoms with Crippen LogP contribution >= 0.6 is 0 Å². The molecule has 102 valence electrons. The molecule has 18 heavy (non-hydrogen) atoms. The summed E-state index contributed by atoms with van der Waals surface area (Å²) in [5.41, 5.74) is 1.49. The first-order valence-corrected chi connectivity index (χ1v) is 6.86. The molecule has 1 aromatic rings. The molecule has 1 aromatic heterocycles. The zero-order valence-electron chi connectivity index (χ0n) is 12.2. The van der Waals surface area contributed by atoms with Gasteiger partial charge in [0.05, 0.1) is 0 Å². The van der Waals surface area contributed by atoms with Crippen molar-refractivity contribution in [2.24, 2.45) is 5.92 Å². The van der Waals surface area contributed by atoms with Gasteiger partial charge in [0.1, 0.15) is 0 Å². The maximum Gasteiger partial charge on any atom is 0.0270 e. The van der Waals surface area contributed by atoms with Crippen molar-refractivity contribution in [3.05, 3.63) is 30.1 Å². The van der Waals surface area contributed by atoms with Crippen LogP contribution in [0.5, 0.6) is 0 Å². The Balaban J connectivity index is 2.42. The number of aromatic nitrogens is 1. The second-order valence-corrected chi connectivity index (χ2v) is 5.58. The van der Waals surface area contributed by atoms with Gasteiger partial charge in [0.2, 0.25) is 0 Å². The summed E-state index contributed by atoms with van der Waals surface area (Å²) in [4.78, 5) is 4.08. The molecule has 3 nitrogen and oxygen atoms in total. The maximum absolute atomic E-state index is 4.08. The lowest BCUT2D eigenvalue weighted by atomic mass is 9.85. The van der Waals surface area contributed by atoms with Crippen LogP contribution in [0.3, 0.4) is 0 Å². The molecule has 0 saturated heterocycles. The van der Waals surface area contributed by atoms with Gasteiger partial charge < -0.3 is 10.6 Å². The zero-order valence-corrected chi connectivity index (χ0v) is 12.2. The van der Waals surface area contributed by atoms with Crippen molar-refractivity contribution in [2.45, 2.75) is 32.6 Å². The van der Waals surface area contributed by atoms with Crippen LogP contribution in [0.25, 0.3) is 0 Å². The Labute approximate surface area is 111 Å². The Morgan fingerprint density at radius 2 is 1.89 bits per heavy atom. The standard InChI is InChI=1S/C15H27N3/c1-5-13(10-16-4)11-18-12-15(2,3)14-6-8-17-9-7-14/h6-9,13,16,18H,5,10-12H2,1-4H3. The highest BCUT2D eigenvalue weighted by Crippen LogP contribution is 2.21. The van der Waals surface area contributed by atoms with Crippen LogP contribution in [-0.2, 0) is 5.41 Å². The molecule has 1 rings (SSSR count). The molecule has 0 spiro atoms. The Kier molecular flexibility index (Phi) is 6.30. The number of nitrogens with zero attached hydrogens (tertiary/aromatic N) is 1. The smallest absolute Gasteiger partial charge is 0.0270 e. The van der Waals surface area contributed by atoms with Crippen LogP contribution in [0.2, 0.25) is 0 Å². The Hall–Kier alpha value is -0.930. The van der Waals surface area contributed by atoms with E-state index in [2.05, 4.69) is 48.5 Å². The highest BCUT2D eigenvalue weighted by Gasteiger charge is 2.20. The first-order chi connectivity index (χ1) is 8.60. The van der Waals surface area contributed by atoms with Crippen molar-refractivity contribution in [3.8, 4) is 0 Å². The van der Waals surface area contributed by atoms with Crippen LogP contribution in [0.1, 0.15) is 32.8 Å². The first kappa shape index (κ1) is 15.1. The van der Waals surface area contributed by atoms with Crippen molar-refractivity contribution in [3.63, 3.8) is 0 Å². The van der Waals surface area contributed by atoms with Gasteiger partial charge in [-0.1, -0.05) is 27.2 Å². The summed E-state index contributed by atoms with van der Waals surface area (Å²) in [6.45, 7) is 9.95. The predicted molar refractivity (Wildman–Crippen MR) is 77.8 cm³/mol. The molecule has 0 fully saturated rings. The van der Waals surface area contributed by atoms with E-state index in [1.54, 1.807) is 0 Å². The molecule has 3 heteroatoms. The highest BCUT2D eigenvalue weighted by molar-refractivity contribution is 5.20. The van der Waals surface area contributed by atoms with Gasteiger partial charge in [-0.2, -0.15) is 0 Å². The third-order valence-electron chi connectivity index (χ3n) is 3.53. The minimum atomic E-state index is 0.154. The summed E-state index contributed by atoms with van der Waals surface area (Å²) in [6, 6.07) is 4.21. The molecule has 0 amide bonds. The molecule has 0 aliphatic heterocycles. The van der Waals surface area contributed by atoms with Gasteiger partial charge in [0.25, 0.3) is 0 Å². The maximum atomic E-state index is 4.08. The van der Waals surface area contributed by atoms with E-state index < -0.39 is 0 Å². The molecule has 0 radical (unpaired) electrons. The van der Waals surface area contributed by atoms with Crippen molar-refractivity contribution in [1.82, 2.24) is 15.6 Å². The summed E-state index contributed by atoms with van der Waals surface area (Å²) >= 11 is 0. The molecule has 1 atom stereocenters. The third-order valence-corrected chi connectivity index (χ3v) is 3.53. The van der Waals surface area contributed by atoms with E-state index in [4.69, 9.17) is 0 Å². The zero-order chi connectivity index (χ0) is 13.4. The normalized spacial score (nSPS) is 13.6. The van der Waals surface area contributed by atoms with Crippen molar-refractivity contribution < 1.29 is 0 Å². The van der Waals surface area contributed by atoms with Crippen LogP contribution in [0, 0.1) is 5.92 Å². The molecule has 1 unspecified atom stereocenters. The van der Waals surface area contributed by atoms with Gasteiger partial charge in [0.15, 0.2) is 0 Å². The quantitative estimate of drug-likeness (QED) is 0.741. The number of rotatable bonds is 8. The monoisotopic (exact) mass is 249 g/mol. The average Bonchev–Trinajstić information content (AvgIpc) is 2.38. The summed E-state index contributed by atoms with van der Waals surface area (Å²) in [5.74, 6) is 0.711. The van der Waals surface area contributed by atoms with E-state index in [1.807, 2.05) is 19.4 Å². The van der Waals surface area contributed by atoms with Gasteiger partial charge in [-0.05, 0) is 43.8 Å². The molecule has 2 N–H and O–H groups in total. The molecule has 0 aromatic carbocycles. The predicted octanol–water partition coefficient (Wildman–Crippen LogP) is 2.19. The fourth-order valence-electron chi connectivity index (χ4n) is 2.14. The van der Waals surface area contributed by atoms with E-state index >= 15 is 0 Å². The minimum Gasteiger partial charge on any atom is -0.319 e. The van der Waals surface area contributed by atoms with Gasteiger partial charge in [0, 0.05) is 24.4 Å². The lowest BCUT2D eigenvalue weighted by Gasteiger charge is -2.27. The fraction of sp³-hybridized carbons (Fsp3) is 0.667. The topological polar surface area (TPSA) is 37.0 Å². The van der Waals surface area contributed by atoms with Crippen LogP contribution < -0.4 is 10.6 Å². The first-order valence-electron chi connectivity index (χ1n) is 6.86. The average molecular weight is 249 g/mol. The van der Waals surface area contributed by atoms with Gasteiger partial charge in [-0.25, -0.2) is 0 Å². The highest BCUT2D eigenvalue weighted by atomic mass is 14.9. The number of pyridine rings is 1. The second kappa shape index (κ2) is 7.49. The molecule has 0 saturated carbocycles. The summed E-state index contributed by atoms with van der Waals surface area (Å²) < 4.78 is 0. The van der Waals surface area contributed by atoms with Crippen LogP contribution in [0.4, 0.5) is 0 Å². The fourth-order valence-corrected chi connectivity index (χ4v) is 2.14. The largest absolute Gasteiger partial charge is 0.319 e. The van der Waals surface area contributed by atoms with E-state index in [0.717, 1.165) is 19.6 Å². The summed E-state index contributed by atoms with van der Waals surface area (Å²) in [6.07, 6.45) is 4.95. The van der Waals surface area contributed by atoms with Crippen LogP contribution in [-0.4, -0.2) is 31.7 Å². The lowest BCUT2D eigenvalue weighted by molar-refractivity contribution is 0.402. The van der Waals surface area contributed by atoms with Crippen molar-refractivity contribution in [2.75, 3.05) is 26.7 Å². The number of hydrogen-bond acceptors (Lipinski definition) is 3. The van der Waals surface area contributed by atoms with Gasteiger partial charge >= 0.3 is 0 Å². The number of hydrogen-bond donors (Lipinski definition) is 2. The van der Waals surface area contributed by atoms with Gasteiger partial charge in [-0.3, -0.25) is 4.98 Å². The molecular weight excluding hydrogens is 222 g/mol. The molecule has 0 aliphatic rings. The SMILES string of the molecule is CCC(CNC)CNCC(C)(C)c1ccncc1. The van der Waals surface area contributed by atoms with E-state index in [0.29, 0.717) is 5.92 Å². The van der Waals surface area contributed by atoms with E-state index in [9.17, 15) is 0 Å².